The Bertz CT molecular complexity index is 665. The Kier molecular flexibility index (Phi) is 3.62. The number of aryl methyl sites for hydroxylation is 1. The number of methoxy groups -OCH3 is 1. The Morgan fingerprint density at radius 1 is 1.26 bits per heavy atom. The summed E-state index contributed by atoms with van der Waals surface area (Å²) in [5.74, 6) is 0.0291. The monoisotopic (exact) mass is 317 g/mol. The molecule has 5 nitrogen and oxygen atoms in total. The van der Waals surface area contributed by atoms with Gasteiger partial charge in [-0.1, -0.05) is 12.1 Å². The van der Waals surface area contributed by atoms with Crippen molar-refractivity contribution in [2.24, 2.45) is 5.41 Å². The number of likely N-dealkylation sites (tertiary alicyclic amines) is 1. The molecule has 2 fully saturated rings. The Balaban J connectivity index is 1.84. The molecule has 0 spiro atoms. The third kappa shape index (κ3) is 2.48. The molecule has 124 valence electrons. The molecule has 1 aromatic carbocycles. The summed E-state index contributed by atoms with van der Waals surface area (Å²) in [5.41, 5.74) is 0.717. The number of hydrogen-bond donors (Lipinski definition) is 1. The second kappa shape index (κ2) is 5.25. The normalized spacial score (nSPS) is 25.3. The van der Waals surface area contributed by atoms with Gasteiger partial charge in [-0.3, -0.25) is 9.59 Å². The van der Waals surface area contributed by atoms with E-state index in [4.69, 9.17) is 4.74 Å². The first-order valence-corrected chi connectivity index (χ1v) is 8.00. The van der Waals surface area contributed by atoms with Crippen LogP contribution in [0.3, 0.4) is 0 Å². The lowest BCUT2D eigenvalue weighted by Crippen LogP contribution is -2.40. The van der Waals surface area contributed by atoms with Gasteiger partial charge in [-0.05, 0) is 50.3 Å². The Labute approximate surface area is 136 Å². The minimum atomic E-state index is -0.824. The van der Waals surface area contributed by atoms with E-state index >= 15 is 0 Å². The zero-order valence-corrected chi connectivity index (χ0v) is 13.9. The van der Waals surface area contributed by atoms with Crippen LogP contribution in [0.25, 0.3) is 0 Å². The van der Waals surface area contributed by atoms with E-state index in [-0.39, 0.29) is 5.91 Å². The molecule has 1 N–H and O–H groups in total. The van der Waals surface area contributed by atoms with Crippen LogP contribution in [0.2, 0.25) is 0 Å². The zero-order chi connectivity index (χ0) is 16.8. The smallest absolute Gasteiger partial charge is 0.311 e. The summed E-state index contributed by atoms with van der Waals surface area (Å²) in [7, 11) is 1.63. The van der Waals surface area contributed by atoms with Crippen LogP contribution in [0.4, 0.5) is 0 Å². The first kappa shape index (κ1) is 15.8. The molecule has 23 heavy (non-hydrogen) atoms. The summed E-state index contributed by atoms with van der Waals surface area (Å²) in [6.07, 6.45) is 2.15. The number of ether oxygens (including phenoxy) is 1. The number of carboxylic acids is 1. The Morgan fingerprint density at radius 2 is 1.96 bits per heavy atom. The van der Waals surface area contributed by atoms with E-state index < -0.39 is 16.8 Å². The number of carboxylic acid groups (broad SMARTS) is 1. The molecule has 0 radical (unpaired) electrons. The molecule has 1 saturated heterocycles. The van der Waals surface area contributed by atoms with Gasteiger partial charge in [0.25, 0.3) is 0 Å². The molecule has 5 heteroatoms. The predicted molar refractivity (Wildman–Crippen MR) is 85.6 cm³/mol. The molecule has 0 aromatic heterocycles. The summed E-state index contributed by atoms with van der Waals surface area (Å²) >= 11 is 0. The van der Waals surface area contributed by atoms with Crippen molar-refractivity contribution in [3.63, 3.8) is 0 Å². The van der Waals surface area contributed by atoms with Gasteiger partial charge in [-0.25, -0.2) is 0 Å². The van der Waals surface area contributed by atoms with Crippen molar-refractivity contribution in [1.29, 1.82) is 0 Å². The minimum Gasteiger partial charge on any atom is -0.496 e. The molecule has 1 aliphatic heterocycles. The van der Waals surface area contributed by atoms with E-state index in [0.717, 1.165) is 29.7 Å². The molecule has 1 atom stereocenters. The summed E-state index contributed by atoms with van der Waals surface area (Å²) in [5, 5.41) is 9.35. The van der Waals surface area contributed by atoms with Gasteiger partial charge in [0.05, 0.1) is 17.9 Å². The van der Waals surface area contributed by atoms with Gasteiger partial charge < -0.3 is 14.7 Å². The lowest BCUT2D eigenvalue weighted by Gasteiger charge is -2.25. The number of aliphatic carboxylic acids is 1. The number of amides is 1. The van der Waals surface area contributed by atoms with Crippen molar-refractivity contribution < 1.29 is 19.4 Å². The summed E-state index contributed by atoms with van der Waals surface area (Å²) < 4.78 is 5.38. The van der Waals surface area contributed by atoms with Gasteiger partial charge in [-0.2, -0.15) is 0 Å². The van der Waals surface area contributed by atoms with Crippen molar-refractivity contribution in [3.05, 3.63) is 29.3 Å². The van der Waals surface area contributed by atoms with Crippen LogP contribution in [0.5, 0.6) is 5.75 Å². The third-order valence-electron chi connectivity index (χ3n) is 5.40. The molecule has 1 aliphatic carbocycles. The average Bonchev–Trinajstić information content (AvgIpc) is 3.23. The lowest BCUT2D eigenvalue weighted by molar-refractivity contribution is -0.147. The quantitative estimate of drug-likeness (QED) is 0.926. The molecule has 1 aromatic rings. The second-order valence-corrected chi connectivity index (χ2v) is 7.11. The number of benzene rings is 1. The summed E-state index contributed by atoms with van der Waals surface area (Å²) in [6.45, 7) is 4.51. The average molecular weight is 317 g/mol. The Morgan fingerprint density at radius 3 is 2.48 bits per heavy atom. The highest BCUT2D eigenvalue weighted by Gasteiger charge is 2.55. The highest BCUT2D eigenvalue weighted by atomic mass is 16.5. The van der Waals surface area contributed by atoms with Gasteiger partial charge >= 0.3 is 5.97 Å². The zero-order valence-electron chi connectivity index (χ0n) is 13.9. The maximum absolute atomic E-state index is 13.0. The number of nitrogens with zero attached hydrogens (tertiary/aromatic N) is 1. The van der Waals surface area contributed by atoms with Crippen LogP contribution < -0.4 is 4.74 Å². The fourth-order valence-electron chi connectivity index (χ4n) is 3.48. The van der Waals surface area contributed by atoms with Crippen LogP contribution in [0.1, 0.15) is 37.3 Å². The van der Waals surface area contributed by atoms with Crippen molar-refractivity contribution in [3.8, 4) is 5.75 Å². The molecule has 1 amide bonds. The predicted octanol–water partition coefficient (Wildman–Crippen LogP) is 2.36. The van der Waals surface area contributed by atoms with Crippen LogP contribution in [0, 0.1) is 12.3 Å². The van der Waals surface area contributed by atoms with Crippen LogP contribution in [0.15, 0.2) is 18.2 Å². The molecular weight excluding hydrogens is 294 g/mol. The minimum absolute atomic E-state index is 0.0633. The molecule has 3 rings (SSSR count). The number of hydrogen-bond acceptors (Lipinski definition) is 3. The van der Waals surface area contributed by atoms with Crippen LogP contribution in [-0.4, -0.2) is 42.1 Å². The molecule has 1 saturated carbocycles. The highest BCUT2D eigenvalue weighted by molar-refractivity contribution is 5.92. The first-order chi connectivity index (χ1) is 10.8. The van der Waals surface area contributed by atoms with Gasteiger partial charge in [0.1, 0.15) is 5.75 Å². The van der Waals surface area contributed by atoms with Crippen LogP contribution in [-0.2, 0) is 15.0 Å². The maximum Gasteiger partial charge on any atom is 0.311 e. The summed E-state index contributed by atoms with van der Waals surface area (Å²) in [6, 6.07) is 5.93. The summed E-state index contributed by atoms with van der Waals surface area (Å²) in [4.78, 5) is 26.1. The Hall–Kier alpha value is -2.04. The largest absolute Gasteiger partial charge is 0.496 e. The standard InChI is InChI=1S/C18H23NO4/c1-12-4-5-13(10-14(12)23-3)18(6-7-18)15(20)19-9-8-17(2,11-19)16(21)22/h4-5,10H,6-9,11H2,1-3H3,(H,21,22). The van der Waals surface area contributed by atoms with Crippen molar-refractivity contribution in [1.82, 2.24) is 4.90 Å². The first-order valence-electron chi connectivity index (χ1n) is 8.00. The number of carbonyl (C=O) groups is 2. The van der Waals surface area contributed by atoms with E-state index in [9.17, 15) is 14.7 Å². The molecular formula is C18H23NO4. The SMILES string of the molecule is COc1cc(C2(C(=O)N3CCC(C)(C(=O)O)C3)CC2)ccc1C. The topological polar surface area (TPSA) is 66.8 Å². The van der Waals surface area contributed by atoms with Gasteiger partial charge in [-0.15, -0.1) is 0 Å². The van der Waals surface area contributed by atoms with Crippen molar-refractivity contribution >= 4 is 11.9 Å². The van der Waals surface area contributed by atoms with Gasteiger partial charge in [0.15, 0.2) is 0 Å². The third-order valence-corrected chi connectivity index (χ3v) is 5.40. The van der Waals surface area contributed by atoms with Crippen molar-refractivity contribution in [2.45, 2.75) is 38.5 Å². The second-order valence-electron chi connectivity index (χ2n) is 7.11. The maximum atomic E-state index is 13.0. The van der Waals surface area contributed by atoms with Gasteiger partial charge in [0, 0.05) is 13.1 Å². The van der Waals surface area contributed by atoms with E-state index in [1.54, 1.807) is 18.9 Å². The van der Waals surface area contributed by atoms with E-state index in [1.807, 2.05) is 25.1 Å². The van der Waals surface area contributed by atoms with Crippen LogP contribution >= 0.6 is 0 Å². The highest BCUT2D eigenvalue weighted by Crippen LogP contribution is 2.51. The fraction of sp³-hybridized carbons (Fsp3) is 0.556. The van der Waals surface area contributed by atoms with E-state index in [0.29, 0.717) is 19.5 Å². The van der Waals surface area contributed by atoms with E-state index in [2.05, 4.69) is 0 Å². The number of carbonyl (C=O) groups excluding carboxylic acids is 1. The van der Waals surface area contributed by atoms with Gasteiger partial charge in [0.2, 0.25) is 5.91 Å². The molecule has 0 bridgehead atoms. The number of rotatable bonds is 4. The molecule has 1 heterocycles. The lowest BCUT2D eigenvalue weighted by atomic mass is 9.90. The van der Waals surface area contributed by atoms with Crippen molar-refractivity contribution in [2.75, 3.05) is 20.2 Å². The molecule has 2 aliphatic rings. The van der Waals surface area contributed by atoms with E-state index in [1.165, 1.54) is 0 Å². The molecule has 1 unspecified atom stereocenters. The fourth-order valence-corrected chi connectivity index (χ4v) is 3.48.